The molecular weight excluding hydrogens is 330 g/mol. The minimum absolute atomic E-state index is 0.0509. The van der Waals surface area contributed by atoms with Crippen molar-refractivity contribution in [1.29, 1.82) is 0 Å². The molecule has 0 fully saturated rings. The van der Waals surface area contributed by atoms with Crippen LogP contribution < -0.4 is 4.74 Å². The Morgan fingerprint density at radius 1 is 1.19 bits per heavy atom. The zero-order valence-electron chi connectivity index (χ0n) is 10.1. The number of carbonyl (C=O) groups is 1. The number of benzene rings is 1. The lowest BCUT2D eigenvalue weighted by molar-refractivity contribution is -0.138. The highest BCUT2D eigenvalue weighted by atomic mass is 35.5. The van der Waals surface area contributed by atoms with Gasteiger partial charge in [-0.2, -0.15) is 13.2 Å². The van der Waals surface area contributed by atoms with Gasteiger partial charge in [0.15, 0.2) is 10.9 Å². The molecule has 0 saturated carbocycles. The van der Waals surface area contributed by atoms with E-state index in [1.165, 1.54) is 18.2 Å². The summed E-state index contributed by atoms with van der Waals surface area (Å²) in [6, 6.07) is 4.59. The Bertz CT molecular complexity index is 690. The highest BCUT2D eigenvalue weighted by molar-refractivity contribution is 6.31. The van der Waals surface area contributed by atoms with Gasteiger partial charge in [0.2, 0.25) is 0 Å². The largest absolute Gasteiger partial charge is 0.453 e. The molecule has 110 valence electrons. The van der Waals surface area contributed by atoms with Gasteiger partial charge in [0.25, 0.3) is 0 Å². The van der Waals surface area contributed by atoms with Crippen LogP contribution in [0.5, 0.6) is 11.5 Å². The molecule has 1 aromatic carbocycles. The minimum Gasteiger partial charge on any atom is -0.453 e. The smallest absolute Gasteiger partial charge is 0.420 e. The lowest BCUT2D eigenvalue weighted by Crippen LogP contribution is -2.08. The summed E-state index contributed by atoms with van der Waals surface area (Å²) in [5.74, 6) is -0.698. The first-order valence-electron chi connectivity index (χ1n) is 5.46. The molecular formula is C13H6Cl2F3NO2. The Labute approximate surface area is 127 Å². The zero-order chi connectivity index (χ0) is 15.6. The molecule has 0 atom stereocenters. The van der Waals surface area contributed by atoms with Crippen LogP contribution in [0.15, 0.2) is 30.5 Å². The third kappa shape index (κ3) is 3.65. The van der Waals surface area contributed by atoms with Gasteiger partial charge in [-0.3, -0.25) is 4.79 Å². The van der Waals surface area contributed by atoms with Crippen LogP contribution in [0.1, 0.15) is 15.9 Å². The van der Waals surface area contributed by atoms with Crippen LogP contribution in [0.2, 0.25) is 10.2 Å². The van der Waals surface area contributed by atoms with E-state index in [9.17, 15) is 18.0 Å². The number of hydrogen-bond donors (Lipinski definition) is 0. The van der Waals surface area contributed by atoms with Crippen molar-refractivity contribution < 1.29 is 22.7 Å². The summed E-state index contributed by atoms with van der Waals surface area (Å²) in [6.45, 7) is 0. The number of nitrogens with zero attached hydrogens (tertiary/aromatic N) is 1. The summed E-state index contributed by atoms with van der Waals surface area (Å²) >= 11 is 11.4. The van der Waals surface area contributed by atoms with Crippen molar-refractivity contribution in [2.24, 2.45) is 0 Å². The van der Waals surface area contributed by atoms with E-state index in [1.54, 1.807) is 0 Å². The molecule has 0 aliphatic rings. The van der Waals surface area contributed by atoms with Crippen LogP contribution in [0, 0.1) is 0 Å². The quantitative estimate of drug-likeness (QED) is 0.584. The number of pyridine rings is 1. The van der Waals surface area contributed by atoms with E-state index in [4.69, 9.17) is 27.9 Å². The van der Waals surface area contributed by atoms with Crippen molar-refractivity contribution in [3.05, 3.63) is 51.8 Å². The van der Waals surface area contributed by atoms with Crippen LogP contribution in [0.4, 0.5) is 13.2 Å². The summed E-state index contributed by atoms with van der Waals surface area (Å²) in [5, 5.41) is -0.305. The number of alkyl halides is 3. The average Bonchev–Trinajstić information content (AvgIpc) is 2.39. The highest BCUT2D eigenvalue weighted by Gasteiger charge is 2.36. The molecule has 21 heavy (non-hydrogen) atoms. The fourth-order valence-electron chi connectivity index (χ4n) is 1.57. The van der Waals surface area contributed by atoms with Gasteiger partial charge in [-0.1, -0.05) is 23.2 Å². The van der Waals surface area contributed by atoms with E-state index in [2.05, 4.69) is 4.98 Å². The molecule has 3 nitrogen and oxygen atoms in total. The molecule has 0 radical (unpaired) electrons. The van der Waals surface area contributed by atoms with Crippen molar-refractivity contribution in [2.75, 3.05) is 0 Å². The molecule has 0 aliphatic carbocycles. The number of ether oxygens (including phenoxy) is 1. The summed E-state index contributed by atoms with van der Waals surface area (Å²) in [4.78, 5) is 14.3. The lowest BCUT2D eigenvalue weighted by Gasteiger charge is -2.14. The highest BCUT2D eigenvalue weighted by Crippen LogP contribution is 2.41. The van der Waals surface area contributed by atoms with E-state index in [0.29, 0.717) is 6.29 Å². The van der Waals surface area contributed by atoms with E-state index >= 15 is 0 Å². The molecule has 0 aliphatic heterocycles. The van der Waals surface area contributed by atoms with Gasteiger partial charge >= 0.3 is 6.18 Å². The molecule has 8 heteroatoms. The molecule has 0 amide bonds. The second kappa shape index (κ2) is 5.91. The van der Waals surface area contributed by atoms with Gasteiger partial charge < -0.3 is 4.74 Å². The summed E-state index contributed by atoms with van der Waals surface area (Å²) in [7, 11) is 0. The van der Waals surface area contributed by atoms with E-state index in [-0.39, 0.29) is 16.3 Å². The Kier molecular flexibility index (Phi) is 4.39. The number of halogens is 5. The Morgan fingerprint density at radius 2 is 1.90 bits per heavy atom. The molecule has 0 saturated heterocycles. The van der Waals surface area contributed by atoms with Crippen molar-refractivity contribution in [3.8, 4) is 11.5 Å². The van der Waals surface area contributed by atoms with Crippen LogP contribution in [-0.4, -0.2) is 11.3 Å². The van der Waals surface area contributed by atoms with Crippen molar-refractivity contribution >= 4 is 29.5 Å². The lowest BCUT2D eigenvalue weighted by atomic mass is 10.2. The summed E-state index contributed by atoms with van der Waals surface area (Å²) < 4.78 is 43.9. The SMILES string of the molecule is O=Cc1cc(Cl)cc(Oc2c(C(F)(F)F)ccnc2Cl)c1. The molecule has 0 bridgehead atoms. The predicted octanol–water partition coefficient (Wildman–Crippen LogP) is 5.01. The van der Waals surface area contributed by atoms with Gasteiger partial charge in [-0.05, 0) is 24.3 Å². The Balaban J connectivity index is 2.49. The van der Waals surface area contributed by atoms with Gasteiger partial charge in [-0.15, -0.1) is 0 Å². The normalized spacial score (nSPS) is 11.3. The van der Waals surface area contributed by atoms with Crippen LogP contribution in [0.25, 0.3) is 0 Å². The summed E-state index contributed by atoms with van der Waals surface area (Å²) in [5.41, 5.74) is -0.916. The van der Waals surface area contributed by atoms with Crippen LogP contribution >= 0.6 is 23.2 Å². The van der Waals surface area contributed by atoms with Gasteiger partial charge in [0.1, 0.15) is 17.6 Å². The first-order valence-corrected chi connectivity index (χ1v) is 6.22. The molecule has 2 aromatic rings. The first-order chi connectivity index (χ1) is 9.81. The van der Waals surface area contributed by atoms with E-state index < -0.39 is 22.6 Å². The van der Waals surface area contributed by atoms with E-state index in [1.807, 2.05) is 0 Å². The molecule has 2 rings (SSSR count). The van der Waals surface area contributed by atoms with Crippen molar-refractivity contribution in [3.63, 3.8) is 0 Å². The van der Waals surface area contributed by atoms with E-state index in [0.717, 1.165) is 12.3 Å². The van der Waals surface area contributed by atoms with Gasteiger partial charge in [0, 0.05) is 16.8 Å². The second-order valence-corrected chi connectivity index (χ2v) is 4.71. The first kappa shape index (κ1) is 15.6. The fraction of sp³-hybridized carbons (Fsp3) is 0.0769. The van der Waals surface area contributed by atoms with Crippen LogP contribution in [-0.2, 0) is 6.18 Å². The monoisotopic (exact) mass is 335 g/mol. The maximum Gasteiger partial charge on any atom is 0.420 e. The standard InChI is InChI=1S/C13H6Cl2F3NO2/c14-8-3-7(6-20)4-9(5-8)21-11-10(13(16,17)18)1-2-19-12(11)15/h1-6H. The van der Waals surface area contributed by atoms with Gasteiger partial charge in [-0.25, -0.2) is 4.98 Å². The molecule has 0 N–H and O–H groups in total. The number of hydrogen-bond acceptors (Lipinski definition) is 3. The molecule has 1 heterocycles. The number of aldehydes is 1. The number of carbonyl (C=O) groups excluding carboxylic acids is 1. The topological polar surface area (TPSA) is 39.2 Å². The maximum absolute atomic E-state index is 12.9. The zero-order valence-corrected chi connectivity index (χ0v) is 11.6. The maximum atomic E-state index is 12.9. The van der Waals surface area contributed by atoms with Crippen molar-refractivity contribution in [1.82, 2.24) is 4.98 Å². The number of rotatable bonds is 3. The Morgan fingerprint density at radius 3 is 2.52 bits per heavy atom. The van der Waals surface area contributed by atoms with Crippen LogP contribution in [0.3, 0.4) is 0 Å². The predicted molar refractivity (Wildman–Crippen MR) is 71.2 cm³/mol. The fourth-order valence-corrected chi connectivity index (χ4v) is 2.00. The van der Waals surface area contributed by atoms with Gasteiger partial charge in [0.05, 0.1) is 0 Å². The Hall–Kier alpha value is -1.79. The second-order valence-electron chi connectivity index (χ2n) is 3.92. The third-order valence-corrected chi connectivity index (χ3v) is 2.90. The molecule has 0 unspecified atom stereocenters. The third-order valence-electron chi connectivity index (χ3n) is 2.42. The molecule has 0 spiro atoms. The van der Waals surface area contributed by atoms with Crippen molar-refractivity contribution in [2.45, 2.75) is 6.18 Å². The minimum atomic E-state index is -4.66. The number of aromatic nitrogens is 1. The molecule has 1 aromatic heterocycles. The average molecular weight is 336 g/mol. The summed E-state index contributed by atoms with van der Waals surface area (Å²) in [6.07, 6.45) is -3.24.